The van der Waals surface area contributed by atoms with Crippen molar-refractivity contribution in [1.29, 1.82) is 0 Å². The summed E-state index contributed by atoms with van der Waals surface area (Å²) in [5.41, 5.74) is 0.107. The highest BCUT2D eigenvalue weighted by atomic mass is 35.5. The molecule has 0 aliphatic rings. The molecule has 21 heavy (non-hydrogen) atoms. The van der Waals surface area contributed by atoms with Crippen LogP contribution in [0.2, 0.25) is 5.02 Å². The van der Waals surface area contributed by atoms with E-state index in [4.69, 9.17) is 11.6 Å². The number of urea groups is 1. The van der Waals surface area contributed by atoms with Crippen molar-refractivity contribution in [2.45, 2.75) is 33.7 Å². The van der Waals surface area contributed by atoms with Crippen LogP contribution in [0.25, 0.3) is 0 Å². The molecule has 0 atom stereocenters. The van der Waals surface area contributed by atoms with Gasteiger partial charge in [-0.15, -0.1) is 0 Å². The Morgan fingerprint density at radius 2 is 1.90 bits per heavy atom. The first-order valence-corrected chi connectivity index (χ1v) is 7.21. The summed E-state index contributed by atoms with van der Waals surface area (Å²) >= 11 is 5.89. The second-order valence-corrected chi connectivity index (χ2v) is 5.94. The Kier molecular flexibility index (Phi) is 6.03. The third-order valence-electron chi connectivity index (χ3n) is 2.92. The molecule has 6 heteroatoms. The number of benzene rings is 1. The fourth-order valence-electron chi connectivity index (χ4n) is 1.95. The van der Waals surface area contributed by atoms with E-state index in [1.807, 2.05) is 27.7 Å². The minimum atomic E-state index is -1.17. The van der Waals surface area contributed by atoms with Gasteiger partial charge in [0.2, 0.25) is 0 Å². The van der Waals surface area contributed by atoms with E-state index < -0.39 is 5.97 Å². The molecule has 0 spiro atoms. The van der Waals surface area contributed by atoms with Gasteiger partial charge in [0.25, 0.3) is 0 Å². The number of carboxylic acid groups (broad SMARTS) is 1. The molecule has 0 aliphatic carbocycles. The van der Waals surface area contributed by atoms with Crippen molar-refractivity contribution in [1.82, 2.24) is 4.90 Å². The fourth-order valence-corrected chi connectivity index (χ4v) is 2.21. The van der Waals surface area contributed by atoms with E-state index >= 15 is 0 Å². The van der Waals surface area contributed by atoms with Crippen LogP contribution < -0.4 is 5.32 Å². The summed E-state index contributed by atoms with van der Waals surface area (Å²) in [7, 11) is 0. The predicted molar refractivity (Wildman–Crippen MR) is 84.1 cm³/mol. The molecule has 0 radical (unpaired) electrons. The molecule has 116 valence electrons. The number of hydrogen-bond donors (Lipinski definition) is 2. The van der Waals surface area contributed by atoms with Crippen LogP contribution in [0, 0.1) is 5.92 Å². The summed E-state index contributed by atoms with van der Waals surface area (Å²) in [4.78, 5) is 25.3. The lowest BCUT2D eigenvalue weighted by atomic mass is 10.1. The van der Waals surface area contributed by atoms with Gasteiger partial charge in [-0.25, -0.2) is 9.59 Å². The Morgan fingerprint density at radius 1 is 1.29 bits per heavy atom. The van der Waals surface area contributed by atoms with Crippen molar-refractivity contribution >= 4 is 29.3 Å². The zero-order valence-corrected chi connectivity index (χ0v) is 13.4. The summed E-state index contributed by atoms with van der Waals surface area (Å²) in [5.74, 6) is -0.854. The van der Waals surface area contributed by atoms with Gasteiger partial charge >= 0.3 is 12.0 Å². The Morgan fingerprint density at radius 3 is 2.38 bits per heavy atom. The standard InChI is InChI=1S/C15H21ClN2O3/c1-9(2)8-18(10(3)4)15(21)17-12-7-5-6-11(16)13(12)14(19)20/h5-7,9-10H,8H2,1-4H3,(H,17,21)(H,19,20). The maximum absolute atomic E-state index is 12.4. The molecular weight excluding hydrogens is 292 g/mol. The predicted octanol–water partition coefficient (Wildman–Crippen LogP) is 3.94. The van der Waals surface area contributed by atoms with Crippen molar-refractivity contribution < 1.29 is 14.7 Å². The number of carbonyl (C=O) groups is 2. The minimum Gasteiger partial charge on any atom is -0.478 e. The first-order valence-electron chi connectivity index (χ1n) is 6.83. The molecule has 2 N–H and O–H groups in total. The third-order valence-corrected chi connectivity index (χ3v) is 3.23. The summed E-state index contributed by atoms with van der Waals surface area (Å²) < 4.78 is 0. The average Bonchev–Trinajstić information content (AvgIpc) is 2.34. The Balaban J connectivity index is 3.02. The lowest BCUT2D eigenvalue weighted by Gasteiger charge is -2.29. The molecule has 0 saturated heterocycles. The number of halogens is 1. The number of amides is 2. The van der Waals surface area contributed by atoms with Crippen LogP contribution in [-0.2, 0) is 0 Å². The van der Waals surface area contributed by atoms with Crippen LogP contribution >= 0.6 is 11.6 Å². The highest BCUT2D eigenvalue weighted by Gasteiger charge is 2.21. The quantitative estimate of drug-likeness (QED) is 0.865. The molecule has 0 saturated carbocycles. The van der Waals surface area contributed by atoms with E-state index in [9.17, 15) is 14.7 Å². The van der Waals surface area contributed by atoms with Crippen LogP contribution in [0.1, 0.15) is 38.1 Å². The molecule has 1 rings (SSSR count). The van der Waals surface area contributed by atoms with Gasteiger partial charge in [-0.05, 0) is 31.9 Å². The highest BCUT2D eigenvalue weighted by molar-refractivity contribution is 6.34. The summed E-state index contributed by atoms with van der Waals surface area (Å²) in [6.07, 6.45) is 0. The summed E-state index contributed by atoms with van der Waals surface area (Å²) in [6.45, 7) is 8.46. The Bertz CT molecular complexity index is 530. The molecule has 1 aromatic carbocycles. The molecule has 0 bridgehead atoms. The average molecular weight is 313 g/mol. The number of anilines is 1. The van der Waals surface area contributed by atoms with E-state index in [2.05, 4.69) is 5.32 Å². The van der Waals surface area contributed by atoms with Crippen LogP contribution in [0.3, 0.4) is 0 Å². The molecule has 2 amide bonds. The minimum absolute atomic E-state index is 0.0138. The number of hydrogen-bond acceptors (Lipinski definition) is 2. The number of nitrogens with zero attached hydrogens (tertiary/aromatic N) is 1. The zero-order valence-electron chi connectivity index (χ0n) is 12.7. The fraction of sp³-hybridized carbons (Fsp3) is 0.467. The van der Waals surface area contributed by atoms with E-state index in [1.165, 1.54) is 12.1 Å². The Hall–Kier alpha value is -1.75. The van der Waals surface area contributed by atoms with Gasteiger partial charge in [0.05, 0.1) is 10.7 Å². The van der Waals surface area contributed by atoms with Crippen molar-refractivity contribution in [2.24, 2.45) is 5.92 Å². The summed E-state index contributed by atoms with van der Waals surface area (Å²) in [6, 6.07) is 4.30. The van der Waals surface area contributed by atoms with Crippen molar-refractivity contribution in [3.8, 4) is 0 Å². The van der Waals surface area contributed by atoms with Gasteiger partial charge in [0, 0.05) is 12.6 Å². The smallest absolute Gasteiger partial charge is 0.339 e. The second-order valence-electron chi connectivity index (χ2n) is 5.54. The monoisotopic (exact) mass is 312 g/mol. The number of carbonyl (C=O) groups excluding carboxylic acids is 1. The molecule has 5 nitrogen and oxygen atoms in total. The topological polar surface area (TPSA) is 69.6 Å². The van der Waals surface area contributed by atoms with Gasteiger partial charge in [-0.2, -0.15) is 0 Å². The van der Waals surface area contributed by atoms with Gasteiger partial charge in [0.15, 0.2) is 0 Å². The first-order chi connectivity index (χ1) is 9.73. The molecule has 0 aliphatic heterocycles. The van der Waals surface area contributed by atoms with E-state index in [1.54, 1.807) is 11.0 Å². The Labute approximate surface area is 129 Å². The van der Waals surface area contributed by atoms with E-state index in [0.717, 1.165) is 0 Å². The maximum atomic E-state index is 12.4. The van der Waals surface area contributed by atoms with E-state index in [0.29, 0.717) is 12.5 Å². The molecule has 0 unspecified atom stereocenters. The SMILES string of the molecule is CC(C)CN(C(=O)Nc1cccc(Cl)c1C(=O)O)C(C)C. The zero-order chi connectivity index (χ0) is 16.2. The number of nitrogens with one attached hydrogen (secondary N) is 1. The third kappa shape index (κ3) is 4.63. The van der Waals surface area contributed by atoms with E-state index in [-0.39, 0.29) is 28.3 Å². The summed E-state index contributed by atoms with van der Waals surface area (Å²) in [5, 5.41) is 11.9. The van der Waals surface area contributed by atoms with Gasteiger partial charge in [-0.3, -0.25) is 0 Å². The van der Waals surface area contributed by atoms with Gasteiger partial charge in [-0.1, -0.05) is 31.5 Å². The van der Waals surface area contributed by atoms with Crippen molar-refractivity contribution in [3.05, 3.63) is 28.8 Å². The van der Waals surface area contributed by atoms with Crippen molar-refractivity contribution in [2.75, 3.05) is 11.9 Å². The van der Waals surface area contributed by atoms with Gasteiger partial charge < -0.3 is 15.3 Å². The van der Waals surface area contributed by atoms with Crippen LogP contribution in [-0.4, -0.2) is 34.6 Å². The second kappa shape index (κ2) is 7.31. The normalized spacial score (nSPS) is 10.8. The lowest BCUT2D eigenvalue weighted by molar-refractivity contribution is 0.0698. The van der Waals surface area contributed by atoms with Crippen molar-refractivity contribution in [3.63, 3.8) is 0 Å². The largest absolute Gasteiger partial charge is 0.478 e. The highest BCUT2D eigenvalue weighted by Crippen LogP contribution is 2.25. The maximum Gasteiger partial charge on any atom is 0.339 e. The molecule has 0 aromatic heterocycles. The molecular formula is C15H21ClN2O3. The first kappa shape index (κ1) is 17.3. The molecule has 0 fully saturated rings. The number of rotatable bonds is 5. The van der Waals surface area contributed by atoms with Crippen LogP contribution in [0.5, 0.6) is 0 Å². The van der Waals surface area contributed by atoms with Gasteiger partial charge in [0.1, 0.15) is 5.56 Å². The molecule has 1 aromatic rings. The van der Waals surface area contributed by atoms with Crippen LogP contribution in [0.4, 0.5) is 10.5 Å². The molecule has 0 heterocycles. The number of aromatic carboxylic acids is 1. The number of carboxylic acids is 1. The lowest BCUT2D eigenvalue weighted by Crippen LogP contribution is -2.42. The van der Waals surface area contributed by atoms with Crippen LogP contribution in [0.15, 0.2) is 18.2 Å².